The zero-order valence-electron chi connectivity index (χ0n) is 13.2. The fraction of sp³-hybridized carbons (Fsp3) is 0.176. The summed E-state index contributed by atoms with van der Waals surface area (Å²) in [5.74, 6) is -0.471. The van der Waals surface area contributed by atoms with Crippen molar-refractivity contribution >= 4 is 39.2 Å². The quantitative estimate of drug-likeness (QED) is 0.513. The van der Waals surface area contributed by atoms with Gasteiger partial charge in [0, 0.05) is 17.0 Å². The number of anilines is 1. The van der Waals surface area contributed by atoms with Crippen molar-refractivity contribution in [2.24, 2.45) is 0 Å². The molecule has 2 aromatic carbocycles. The number of hydrogen-bond donors (Lipinski definition) is 2. The summed E-state index contributed by atoms with van der Waals surface area (Å²) in [6, 6.07) is 14.1. The maximum absolute atomic E-state index is 12.2. The van der Waals surface area contributed by atoms with Crippen LogP contribution in [0.3, 0.4) is 0 Å². The maximum Gasteiger partial charge on any atom is 0.304 e. The molecule has 0 saturated heterocycles. The fourth-order valence-electron chi connectivity index (χ4n) is 1.95. The molecule has 0 spiro atoms. The number of Topliss-reactive ketones (excluding diaryl/α,β-unsaturated/α-hetero) is 1. The van der Waals surface area contributed by atoms with Gasteiger partial charge >= 0.3 is 5.97 Å². The molecule has 2 aromatic rings. The number of carboxylic acids is 1. The van der Waals surface area contributed by atoms with Crippen molar-refractivity contribution in [1.82, 2.24) is 0 Å². The van der Waals surface area contributed by atoms with E-state index in [1.54, 1.807) is 30.3 Å². The highest BCUT2D eigenvalue weighted by Gasteiger charge is 2.14. The lowest BCUT2D eigenvalue weighted by atomic mass is 10.1. The molecule has 0 aliphatic carbocycles. The minimum absolute atomic E-state index is 0.0121. The highest BCUT2D eigenvalue weighted by molar-refractivity contribution is 8.00. The van der Waals surface area contributed by atoms with Crippen molar-refractivity contribution < 1.29 is 23.1 Å². The first-order valence-corrected chi connectivity index (χ1v) is 10.0. The van der Waals surface area contributed by atoms with Gasteiger partial charge in [-0.15, -0.1) is 0 Å². The van der Waals surface area contributed by atoms with Gasteiger partial charge in [0.15, 0.2) is 5.78 Å². The van der Waals surface area contributed by atoms with Crippen molar-refractivity contribution in [3.63, 3.8) is 0 Å². The number of carboxylic acid groups (broad SMARTS) is 1. The van der Waals surface area contributed by atoms with Crippen LogP contribution in [-0.4, -0.2) is 36.8 Å². The number of hydrogen-bond acceptors (Lipinski definition) is 5. The van der Waals surface area contributed by atoms with Crippen molar-refractivity contribution in [3.8, 4) is 0 Å². The van der Waals surface area contributed by atoms with Crippen LogP contribution in [0.5, 0.6) is 0 Å². The van der Waals surface area contributed by atoms with E-state index in [1.165, 1.54) is 36.0 Å². The summed E-state index contributed by atoms with van der Waals surface area (Å²) in [5.41, 5.74) is 0.810. The summed E-state index contributed by atoms with van der Waals surface area (Å²) in [4.78, 5) is 22.6. The molecule has 6 nitrogen and oxygen atoms in total. The molecule has 0 aliphatic rings. The Labute approximate surface area is 150 Å². The Hall–Kier alpha value is -2.32. The Bertz CT molecular complexity index is 833. The lowest BCUT2D eigenvalue weighted by Gasteiger charge is -2.08. The molecule has 0 bridgehead atoms. The highest BCUT2D eigenvalue weighted by atomic mass is 32.2. The Balaban J connectivity index is 1.95. The van der Waals surface area contributed by atoms with E-state index in [9.17, 15) is 18.0 Å². The van der Waals surface area contributed by atoms with E-state index in [0.717, 1.165) is 0 Å². The number of rotatable bonds is 9. The molecular formula is C17H17NO5S2. The Morgan fingerprint density at radius 2 is 1.64 bits per heavy atom. The first kappa shape index (κ1) is 19.0. The zero-order valence-corrected chi connectivity index (χ0v) is 14.8. The summed E-state index contributed by atoms with van der Waals surface area (Å²) < 4.78 is 26.9. The van der Waals surface area contributed by atoms with Crippen LogP contribution < -0.4 is 4.72 Å². The Morgan fingerprint density at radius 3 is 2.24 bits per heavy atom. The van der Waals surface area contributed by atoms with E-state index in [0.29, 0.717) is 17.0 Å². The number of ketones is 1. The number of aliphatic carboxylic acids is 1. The number of thioether (sulfide) groups is 1. The minimum atomic E-state index is -3.67. The normalized spacial score (nSPS) is 11.0. The molecule has 0 saturated carbocycles. The Morgan fingerprint density at radius 1 is 1.00 bits per heavy atom. The zero-order chi connectivity index (χ0) is 18.3. The number of carbonyl (C=O) groups is 2. The second kappa shape index (κ2) is 8.68. The summed E-state index contributed by atoms with van der Waals surface area (Å²) in [5, 5.41) is 8.55. The van der Waals surface area contributed by atoms with Gasteiger partial charge in [-0.05, 0) is 36.4 Å². The van der Waals surface area contributed by atoms with E-state index in [2.05, 4.69) is 4.72 Å². The summed E-state index contributed by atoms with van der Waals surface area (Å²) in [6.07, 6.45) is 0.0121. The van der Waals surface area contributed by atoms with Gasteiger partial charge in [0.05, 0.1) is 17.1 Å². The lowest BCUT2D eigenvalue weighted by Crippen LogP contribution is -2.13. The van der Waals surface area contributed by atoms with Crippen LogP contribution >= 0.6 is 11.8 Å². The molecule has 0 aliphatic heterocycles. The fourth-order valence-corrected chi connectivity index (χ4v) is 3.84. The van der Waals surface area contributed by atoms with Gasteiger partial charge in [-0.2, -0.15) is 11.8 Å². The number of nitrogens with one attached hydrogen (secondary N) is 1. The first-order chi connectivity index (χ1) is 11.9. The third-order valence-electron chi connectivity index (χ3n) is 3.21. The van der Waals surface area contributed by atoms with Crippen LogP contribution in [0.4, 0.5) is 5.69 Å². The predicted octanol–water partition coefficient (Wildman–Crippen LogP) is 2.88. The van der Waals surface area contributed by atoms with E-state index >= 15 is 0 Å². The molecule has 0 fully saturated rings. The van der Waals surface area contributed by atoms with E-state index in [-0.39, 0.29) is 22.9 Å². The van der Waals surface area contributed by atoms with Gasteiger partial charge < -0.3 is 5.11 Å². The van der Waals surface area contributed by atoms with Gasteiger partial charge in [-0.3, -0.25) is 14.3 Å². The van der Waals surface area contributed by atoms with Crippen molar-refractivity contribution in [3.05, 3.63) is 60.2 Å². The summed E-state index contributed by atoms with van der Waals surface area (Å²) >= 11 is 1.25. The summed E-state index contributed by atoms with van der Waals surface area (Å²) in [6.45, 7) is 0. The van der Waals surface area contributed by atoms with Gasteiger partial charge in [0.25, 0.3) is 10.0 Å². The average Bonchev–Trinajstić information content (AvgIpc) is 2.59. The van der Waals surface area contributed by atoms with Gasteiger partial charge in [0.2, 0.25) is 0 Å². The van der Waals surface area contributed by atoms with Gasteiger partial charge in [-0.25, -0.2) is 8.42 Å². The lowest BCUT2D eigenvalue weighted by molar-refractivity contribution is -0.136. The van der Waals surface area contributed by atoms with Gasteiger partial charge in [0.1, 0.15) is 0 Å². The second-order valence-corrected chi connectivity index (χ2v) is 7.90. The van der Waals surface area contributed by atoms with E-state index in [4.69, 9.17) is 5.11 Å². The Kier molecular flexibility index (Phi) is 6.60. The molecule has 8 heteroatoms. The summed E-state index contributed by atoms with van der Waals surface area (Å²) in [7, 11) is -3.67. The first-order valence-electron chi connectivity index (χ1n) is 7.39. The SMILES string of the molecule is O=C(O)CCSCC(=O)c1ccc(NS(=O)(=O)c2ccccc2)cc1. The minimum Gasteiger partial charge on any atom is -0.481 e. The van der Waals surface area contributed by atoms with E-state index in [1.807, 2.05) is 0 Å². The molecule has 2 rings (SSSR count). The molecule has 0 radical (unpaired) electrons. The number of carbonyl (C=O) groups excluding carboxylic acids is 1. The van der Waals surface area contributed by atoms with Crippen LogP contribution in [0, 0.1) is 0 Å². The van der Waals surface area contributed by atoms with Crippen molar-refractivity contribution in [1.29, 1.82) is 0 Å². The molecule has 0 unspecified atom stereocenters. The third-order valence-corrected chi connectivity index (χ3v) is 5.56. The van der Waals surface area contributed by atoms with Crippen LogP contribution in [-0.2, 0) is 14.8 Å². The molecule has 0 heterocycles. The molecule has 25 heavy (non-hydrogen) atoms. The second-order valence-electron chi connectivity index (χ2n) is 5.12. The molecule has 0 atom stereocenters. The third kappa shape index (κ3) is 5.91. The molecule has 0 amide bonds. The predicted molar refractivity (Wildman–Crippen MR) is 97.6 cm³/mol. The van der Waals surface area contributed by atoms with Crippen LogP contribution in [0.2, 0.25) is 0 Å². The largest absolute Gasteiger partial charge is 0.481 e. The average molecular weight is 379 g/mol. The van der Waals surface area contributed by atoms with E-state index < -0.39 is 16.0 Å². The van der Waals surface area contributed by atoms with Gasteiger partial charge in [-0.1, -0.05) is 18.2 Å². The van der Waals surface area contributed by atoms with Crippen LogP contribution in [0.1, 0.15) is 16.8 Å². The molecule has 0 aromatic heterocycles. The smallest absolute Gasteiger partial charge is 0.304 e. The number of sulfonamides is 1. The van der Waals surface area contributed by atoms with Crippen molar-refractivity contribution in [2.75, 3.05) is 16.2 Å². The molecule has 132 valence electrons. The standard InChI is InChI=1S/C17H17NO5S2/c19-16(12-24-11-10-17(20)21)13-6-8-14(9-7-13)18-25(22,23)15-4-2-1-3-5-15/h1-9,18H,10-12H2,(H,20,21). The number of benzene rings is 2. The van der Waals surface area contributed by atoms with Crippen molar-refractivity contribution in [2.45, 2.75) is 11.3 Å². The van der Waals surface area contributed by atoms with Crippen LogP contribution in [0.25, 0.3) is 0 Å². The maximum atomic E-state index is 12.2. The van der Waals surface area contributed by atoms with Crippen LogP contribution in [0.15, 0.2) is 59.5 Å². The highest BCUT2D eigenvalue weighted by Crippen LogP contribution is 2.17. The molecule has 2 N–H and O–H groups in total. The topological polar surface area (TPSA) is 101 Å². The molecular weight excluding hydrogens is 362 g/mol. The monoisotopic (exact) mass is 379 g/mol.